The molecule has 1 saturated heterocycles. The summed E-state index contributed by atoms with van der Waals surface area (Å²) in [5, 5.41) is 16.0. The van der Waals surface area contributed by atoms with Crippen LogP contribution < -0.4 is 9.47 Å². The van der Waals surface area contributed by atoms with Gasteiger partial charge in [0.05, 0.1) is 32.6 Å². The zero-order valence-corrected chi connectivity index (χ0v) is 18.8. The summed E-state index contributed by atoms with van der Waals surface area (Å²) < 4.78 is 18.8. The Morgan fingerprint density at radius 2 is 2.22 bits per heavy atom. The van der Waals surface area contributed by atoms with E-state index in [0.717, 1.165) is 17.7 Å². The summed E-state index contributed by atoms with van der Waals surface area (Å²) in [6.07, 6.45) is 2.37. The number of carbonyl (C=O) groups is 1. The Hall–Kier alpha value is -3.04. The summed E-state index contributed by atoms with van der Waals surface area (Å²) in [7, 11) is 1.62. The third-order valence-electron chi connectivity index (χ3n) is 5.42. The fraction of sp³-hybridized carbons (Fsp3) is 0.391. The molecule has 3 aromatic rings. The van der Waals surface area contributed by atoms with Gasteiger partial charge in [0.1, 0.15) is 6.10 Å². The number of methoxy groups -OCH3 is 1. The molecule has 0 spiro atoms. The van der Waals surface area contributed by atoms with Crippen molar-refractivity contribution in [3.05, 3.63) is 52.9 Å². The first-order chi connectivity index (χ1) is 15.6. The molecular weight excluding hydrogens is 430 g/mol. The molecule has 0 saturated carbocycles. The monoisotopic (exact) mass is 457 g/mol. The van der Waals surface area contributed by atoms with E-state index in [-0.39, 0.29) is 6.10 Å². The number of hydrogen-bond acceptors (Lipinski definition) is 6. The summed E-state index contributed by atoms with van der Waals surface area (Å²) in [4.78, 5) is 14.3. The van der Waals surface area contributed by atoms with Gasteiger partial charge in [-0.15, -0.1) is 11.3 Å². The Bertz CT molecular complexity index is 1010. The third kappa shape index (κ3) is 5.41. The second-order valence-corrected chi connectivity index (χ2v) is 8.54. The van der Waals surface area contributed by atoms with Gasteiger partial charge in [-0.2, -0.15) is 5.10 Å². The maximum absolute atomic E-state index is 11.7. The van der Waals surface area contributed by atoms with E-state index in [9.17, 15) is 9.90 Å². The summed E-state index contributed by atoms with van der Waals surface area (Å²) >= 11 is 1.64. The molecular formula is C23H27N3O5S. The van der Waals surface area contributed by atoms with Gasteiger partial charge in [-0.05, 0) is 42.1 Å². The second-order valence-electron chi connectivity index (χ2n) is 7.51. The predicted octanol–water partition coefficient (Wildman–Crippen LogP) is 4.01. The molecule has 170 valence electrons. The van der Waals surface area contributed by atoms with Crippen LogP contribution in [0.1, 0.15) is 11.3 Å². The van der Waals surface area contributed by atoms with Crippen molar-refractivity contribution in [3.8, 4) is 22.8 Å². The van der Waals surface area contributed by atoms with E-state index in [2.05, 4.69) is 5.10 Å². The van der Waals surface area contributed by atoms with E-state index < -0.39 is 6.09 Å². The number of ether oxygens (including phenoxy) is 3. The lowest BCUT2D eigenvalue weighted by Crippen LogP contribution is -2.34. The molecule has 1 amide bonds. The van der Waals surface area contributed by atoms with Crippen molar-refractivity contribution in [3.63, 3.8) is 0 Å². The summed E-state index contributed by atoms with van der Waals surface area (Å²) in [6.45, 7) is 2.54. The Kier molecular flexibility index (Phi) is 7.28. The molecule has 3 heterocycles. The quantitative estimate of drug-likeness (QED) is 0.495. The molecule has 0 bridgehead atoms. The molecule has 2 aromatic heterocycles. The highest BCUT2D eigenvalue weighted by Crippen LogP contribution is 2.34. The van der Waals surface area contributed by atoms with Crippen molar-refractivity contribution in [2.45, 2.75) is 25.5 Å². The van der Waals surface area contributed by atoms with Crippen LogP contribution in [0.3, 0.4) is 0 Å². The van der Waals surface area contributed by atoms with Crippen LogP contribution in [0.5, 0.6) is 11.5 Å². The molecule has 0 aliphatic carbocycles. The number of thiophene rings is 1. The zero-order chi connectivity index (χ0) is 22.3. The first-order valence-electron chi connectivity index (χ1n) is 10.6. The topological polar surface area (TPSA) is 86.1 Å². The fourth-order valence-corrected chi connectivity index (χ4v) is 4.39. The minimum atomic E-state index is -0.922. The van der Waals surface area contributed by atoms with Crippen molar-refractivity contribution >= 4 is 17.4 Å². The maximum atomic E-state index is 11.7. The molecule has 1 N–H and O–H groups in total. The van der Waals surface area contributed by atoms with E-state index in [1.165, 1.54) is 9.78 Å². The summed E-state index contributed by atoms with van der Waals surface area (Å²) in [5.74, 6) is 1.33. The third-order valence-corrected chi connectivity index (χ3v) is 6.35. The largest absolute Gasteiger partial charge is 0.493 e. The number of aromatic nitrogens is 2. The van der Waals surface area contributed by atoms with E-state index >= 15 is 0 Å². The number of hydrogen-bond donors (Lipinski definition) is 1. The van der Waals surface area contributed by atoms with E-state index in [0.29, 0.717) is 50.8 Å². The molecule has 9 heteroatoms. The number of benzene rings is 1. The minimum absolute atomic E-state index is 0.0107. The SMILES string of the molecule is COc1ccc(-c2ccnn2CCN(CCc2cccs2)C(=O)O)cc1OC1CCOC1. The molecule has 4 rings (SSSR count). The highest BCUT2D eigenvalue weighted by Gasteiger charge is 2.20. The van der Waals surface area contributed by atoms with Crippen molar-refractivity contribution in [2.24, 2.45) is 0 Å². The van der Waals surface area contributed by atoms with Gasteiger partial charge >= 0.3 is 6.09 Å². The number of amides is 1. The van der Waals surface area contributed by atoms with Gasteiger partial charge in [0, 0.05) is 36.1 Å². The highest BCUT2D eigenvalue weighted by atomic mass is 32.1. The van der Waals surface area contributed by atoms with Crippen molar-refractivity contribution < 1.29 is 24.1 Å². The van der Waals surface area contributed by atoms with Crippen molar-refractivity contribution in [1.82, 2.24) is 14.7 Å². The smallest absolute Gasteiger partial charge is 0.407 e. The number of nitrogens with zero attached hydrogens (tertiary/aromatic N) is 3. The summed E-state index contributed by atoms with van der Waals surface area (Å²) in [5.41, 5.74) is 1.82. The van der Waals surface area contributed by atoms with Gasteiger partial charge in [-0.3, -0.25) is 4.68 Å². The first-order valence-corrected chi connectivity index (χ1v) is 11.5. The normalized spacial score (nSPS) is 15.6. The lowest BCUT2D eigenvalue weighted by atomic mass is 10.1. The number of carboxylic acid groups (broad SMARTS) is 1. The maximum Gasteiger partial charge on any atom is 0.407 e. The van der Waals surface area contributed by atoms with Crippen LogP contribution in [-0.4, -0.2) is 65.4 Å². The average molecular weight is 458 g/mol. The van der Waals surface area contributed by atoms with Crippen LogP contribution in [0.4, 0.5) is 4.79 Å². The standard InChI is InChI=1S/C23H27N3O5S/c1-29-21-5-4-17(15-22(21)31-18-8-13-30-16-18)20-6-9-24-26(20)12-11-25(23(27)28)10-7-19-3-2-14-32-19/h2-6,9,14-15,18H,7-8,10-13,16H2,1H3,(H,27,28). The van der Waals surface area contributed by atoms with Crippen molar-refractivity contribution in [2.75, 3.05) is 33.4 Å². The Labute approximate surface area is 190 Å². The van der Waals surface area contributed by atoms with Crippen LogP contribution in [-0.2, 0) is 17.7 Å². The molecule has 1 aromatic carbocycles. The van der Waals surface area contributed by atoms with Gasteiger partial charge < -0.3 is 24.2 Å². The fourth-order valence-electron chi connectivity index (χ4n) is 3.69. The van der Waals surface area contributed by atoms with Gasteiger partial charge in [-0.1, -0.05) is 6.07 Å². The molecule has 8 nitrogen and oxygen atoms in total. The Balaban J connectivity index is 1.45. The Morgan fingerprint density at radius 1 is 1.31 bits per heavy atom. The molecule has 0 radical (unpaired) electrons. The van der Waals surface area contributed by atoms with Gasteiger partial charge in [0.2, 0.25) is 0 Å². The molecule has 1 fully saturated rings. The minimum Gasteiger partial charge on any atom is -0.493 e. The second kappa shape index (κ2) is 10.5. The van der Waals surface area contributed by atoms with Crippen LogP contribution in [0.2, 0.25) is 0 Å². The molecule has 32 heavy (non-hydrogen) atoms. The van der Waals surface area contributed by atoms with Gasteiger partial charge in [0.15, 0.2) is 11.5 Å². The van der Waals surface area contributed by atoms with E-state index in [4.69, 9.17) is 14.2 Å². The molecule has 1 unspecified atom stereocenters. The highest BCUT2D eigenvalue weighted by molar-refractivity contribution is 7.09. The van der Waals surface area contributed by atoms with Crippen LogP contribution in [0.15, 0.2) is 48.0 Å². The van der Waals surface area contributed by atoms with Crippen LogP contribution in [0, 0.1) is 0 Å². The van der Waals surface area contributed by atoms with Crippen LogP contribution in [0.25, 0.3) is 11.3 Å². The lowest BCUT2D eigenvalue weighted by molar-refractivity contribution is 0.138. The van der Waals surface area contributed by atoms with Crippen LogP contribution >= 0.6 is 11.3 Å². The van der Waals surface area contributed by atoms with E-state index in [1.54, 1.807) is 24.6 Å². The lowest BCUT2D eigenvalue weighted by Gasteiger charge is -2.20. The molecule has 1 aliphatic rings. The average Bonchev–Trinajstić information content (AvgIpc) is 3.56. The molecule has 1 atom stereocenters. The van der Waals surface area contributed by atoms with Gasteiger partial charge in [0.25, 0.3) is 0 Å². The zero-order valence-electron chi connectivity index (χ0n) is 18.0. The number of rotatable bonds is 10. The Morgan fingerprint density at radius 3 is 2.94 bits per heavy atom. The first kappa shape index (κ1) is 22.2. The molecule has 1 aliphatic heterocycles. The van der Waals surface area contributed by atoms with E-state index in [1.807, 2.05) is 46.5 Å². The predicted molar refractivity (Wildman–Crippen MR) is 122 cm³/mol. The van der Waals surface area contributed by atoms with Gasteiger partial charge in [-0.25, -0.2) is 4.79 Å². The summed E-state index contributed by atoms with van der Waals surface area (Å²) in [6, 6.07) is 11.7. The van der Waals surface area contributed by atoms with Crippen molar-refractivity contribution in [1.29, 1.82) is 0 Å².